The molecule has 2 aromatic carbocycles. The molecule has 5 N–H and O–H groups in total. The van der Waals surface area contributed by atoms with Crippen LogP contribution in [0.1, 0.15) is 17.0 Å². The molecule has 31 heavy (non-hydrogen) atoms. The van der Waals surface area contributed by atoms with Crippen LogP contribution in [0.4, 0.5) is 40.6 Å². The van der Waals surface area contributed by atoms with Gasteiger partial charge in [-0.2, -0.15) is 27.5 Å². The number of anilines is 4. The Bertz CT molecular complexity index is 1290. The quantitative estimate of drug-likeness (QED) is 0.326. The van der Waals surface area contributed by atoms with E-state index in [1.54, 1.807) is 23.6 Å². The maximum Gasteiger partial charge on any atom is 0.416 e. The van der Waals surface area contributed by atoms with Crippen LogP contribution < -0.4 is 16.8 Å². The van der Waals surface area contributed by atoms with E-state index >= 15 is 0 Å². The highest BCUT2D eigenvalue weighted by molar-refractivity contribution is 5.84. The highest BCUT2D eigenvalue weighted by Gasteiger charge is 2.30. The van der Waals surface area contributed by atoms with Gasteiger partial charge in [-0.05, 0) is 55.8 Å². The highest BCUT2D eigenvalue weighted by atomic mass is 19.4. The number of rotatable bonds is 3. The Kier molecular flexibility index (Phi) is 4.68. The number of halogens is 4. The van der Waals surface area contributed by atoms with Crippen LogP contribution in [0.15, 0.2) is 36.4 Å². The van der Waals surface area contributed by atoms with E-state index in [1.807, 2.05) is 6.92 Å². The number of hydrogen-bond acceptors (Lipinski definition) is 6. The van der Waals surface area contributed by atoms with Gasteiger partial charge in [-0.25, -0.2) is 4.98 Å². The Morgan fingerprint density at radius 2 is 1.65 bits per heavy atom. The first-order valence-electron chi connectivity index (χ1n) is 9.07. The second-order valence-electron chi connectivity index (χ2n) is 6.97. The van der Waals surface area contributed by atoms with Crippen molar-refractivity contribution in [3.8, 4) is 5.95 Å². The molecule has 0 aliphatic rings. The molecule has 0 bridgehead atoms. The van der Waals surface area contributed by atoms with Gasteiger partial charge in [0.2, 0.25) is 11.8 Å². The molecule has 4 rings (SSSR count). The van der Waals surface area contributed by atoms with Crippen LogP contribution in [-0.2, 0) is 6.18 Å². The van der Waals surface area contributed by atoms with Crippen LogP contribution >= 0.6 is 0 Å². The third-order valence-electron chi connectivity index (χ3n) is 4.68. The molecule has 160 valence electrons. The molecule has 0 saturated carbocycles. The van der Waals surface area contributed by atoms with E-state index < -0.39 is 23.4 Å². The first kappa shape index (κ1) is 20.4. The number of nitrogens with one attached hydrogen (secondary N) is 1. The summed E-state index contributed by atoms with van der Waals surface area (Å²) in [5.41, 5.74) is 13.7. The fraction of sp³-hybridized carbons (Fsp3) is 0.150. The maximum atomic E-state index is 14.6. The molecule has 2 heterocycles. The van der Waals surface area contributed by atoms with E-state index in [4.69, 9.17) is 11.5 Å². The van der Waals surface area contributed by atoms with Crippen molar-refractivity contribution in [2.75, 3.05) is 16.8 Å². The van der Waals surface area contributed by atoms with E-state index in [-0.39, 0.29) is 17.5 Å². The number of nitrogen functional groups attached to an aromatic ring is 2. The van der Waals surface area contributed by atoms with Crippen molar-refractivity contribution in [2.45, 2.75) is 20.0 Å². The lowest BCUT2D eigenvalue weighted by atomic mass is 10.2. The Morgan fingerprint density at radius 1 is 0.968 bits per heavy atom. The zero-order valence-electron chi connectivity index (χ0n) is 16.4. The van der Waals surface area contributed by atoms with Gasteiger partial charge >= 0.3 is 6.18 Å². The minimum absolute atomic E-state index is 0.0401. The molecule has 0 fully saturated rings. The Labute approximate surface area is 173 Å². The van der Waals surface area contributed by atoms with Crippen LogP contribution in [0.5, 0.6) is 0 Å². The van der Waals surface area contributed by atoms with Crippen molar-refractivity contribution < 1.29 is 17.6 Å². The number of hydrogen-bond donors (Lipinski definition) is 3. The predicted molar refractivity (Wildman–Crippen MR) is 110 cm³/mol. The second-order valence-corrected chi connectivity index (χ2v) is 6.97. The number of aryl methyl sites for hydroxylation is 2. The number of benzene rings is 2. The maximum absolute atomic E-state index is 14.6. The lowest BCUT2D eigenvalue weighted by Crippen LogP contribution is -2.11. The van der Waals surface area contributed by atoms with Gasteiger partial charge in [-0.1, -0.05) is 0 Å². The van der Waals surface area contributed by atoms with E-state index in [0.29, 0.717) is 22.5 Å². The standard InChI is InChI=1S/C20H17F4N7/c1-9-7-12(25)8-14-16(9)27-10(2)31(14)19-29-17(26)15(21)18(30-19)28-13-5-3-11(4-6-13)20(22,23)24/h3-8H,25H2,1-2H3,(H3,26,28,29,30). The molecule has 0 aliphatic heterocycles. The average molecular weight is 431 g/mol. The monoisotopic (exact) mass is 431 g/mol. The van der Waals surface area contributed by atoms with E-state index in [1.165, 1.54) is 12.1 Å². The Balaban J connectivity index is 1.79. The third kappa shape index (κ3) is 3.69. The second kappa shape index (κ2) is 7.11. The van der Waals surface area contributed by atoms with Gasteiger partial charge < -0.3 is 16.8 Å². The number of alkyl halides is 3. The van der Waals surface area contributed by atoms with Crippen LogP contribution in [0.25, 0.3) is 17.0 Å². The largest absolute Gasteiger partial charge is 0.416 e. The number of aromatic nitrogens is 4. The van der Waals surface area contributed by atoms with E-state index in [2.05, 4.69) is 20.3 Å². The topological polar surface area (TPSA) is 108 Å². The van der Waals surface area contributed by atoms with Gasteiger partial charge in [0.1, 0.15) is 5.82 Å². The fourth-order valence-corrected chi connectivity index (χ4v) is 3.26. The molecular formula is C20H17F4N7. The smallest absolute Gasteiger partial charge is 0.399 e. The molecule has 2 aromatic heterocycles. The molecule has 7 nitrogen and oxygen atoms in total. The molecule has 4 aromatic rings. The average Bonchev–Trinajstić information content (AvgIpc) is 3.01. The summed E-state index contributed by atoms with van der Waals surface area (Å²) in [6, 6.07) is 7.56. The van der Waals surface area contributed by atoms with Crippen molar-refractivity contribution in [1.29, 1.82) is 0 Å². The SMILES string of the molecule is Cc1cc(N)cc2c1nc(C)n2-c1nc(N)c(F)c(Nc2ccc(C(F)(F)F)cc2)n1. The van der Waals surface area contributed by atoms with E-state index in [9.17, 15) is 17.6 Å². The van der Waals surface area contributed by atoms with Crippen molar-refractivity contribution in [1.82, 2.24) is 19.5 Å². The Morgan fingerprint density at radius 3 is 2.29 bits per heavy atom. The van der Waals surface area contributed by atoms with Crippen molar-refractivity contribution in [2.24, 2.45) is 0 Å². The first-order valence-corrected chi connectivity index (χ1v) is 9.07. The molecule has 0 amide bonds. The highest BCUT2D eigenvalue weighted by Crippen LogP contribution is 2.31. The van der Waals surface area contributed by atoms with Crippen LogP contribution in [0.3, 0.4) is 0 Å². The summed E-state index contributed by atoms with van der Waals surface area (Å²) in [5.74, 6) is -1.08. The lowest BCUT2D eigenvalue weighted by Gasteiger charge is -2.13. The van der Waals surface area contributed by atoms with E-state index in [0.717, 1.165) is 17.7 Å². The summed E-state index contributed by atoms with van der Waals surface area (Å²) < 4.78 is 54.4. The van der Waals surface area contributed by atoms with Gasteiger partial charge in [0, 0.05) is 11.4 Å². The van der Waals surface area contributed by atoms with Gasteiger partial charge in [0.25, 0.3) is 0 Å². The molecular weight excluding hydrogens is 414 g/mol. The Hall–Kier alpha value is -3.89. The molecule has 0 aliphatic carbocycles. The predicted octanol–water partition coefficient (Wildman–Crippen LogP) is 4.50. The number of nitrogens with zero attached hydrogens (tertiary/aromatic N) is 4. The van der Waals surface area contributed by atoms with Crippen molar-refractivity contribution in [3.05, 3.63) is 59.2 Å². The minimum atomic E-state index is -4.48. The van der Waals surface area contributed by atoms with Gasteiger partial charge in [0.05, 0.1) is 16.6 Å². The summed E-state index contributed by atoms with van der Waals surface area (Å²) in [4.78, 5) is 12.7. The number of imidazole rings is 1. The summed E-state index contributed by atoms with van der Waals surface area (Å²) in [6.45, 7) is 3.58. The molecule has 0 spiro atoms. The minimum Gasteiger partial charge on any atom is -0.399 e. The molecule has 0 unspecified atom stereocenters. The summed E-state index contributed by atoms with van der Waals surface area (Å²) in [7, 11) is 0. The number of fused-ring (bicyclic) bond motifs is 1. The first-order chi connectivity index (χ1) is 14.5. The van der Waals surface area contributed by atoms with Crippen LogP contribution in [0.2, 0.25) is 0 Å². The fourth-order valence-electron chi connectivity index (χ4n) is 3.26. The zero-order chi connectivity index (χ0) is 22.5. The molecule has 0 saturated heterocycles. The van der Waals surface area contributed by atoms with Crippen molar-refractivity contribution in [3.63, 3.8) is 0 Å². The van der Waals surface area contributed by atoms with Crippen LogP contribution in [0, 0.1) is 19.7 Å². The molecule has 11 heteroatoms. The van der Waals surface area contributed by atoms with Gasteiger partial charge in [0.15, 0.2) is 11.6 Å². The van der Waals surface area contributed by atoms with Crippen molar-refractivity contribution >= 4 is 34.0 Å². The third-order valence-corrected chi connectivity index (χ3v) is 4.68. The summed E-state index contributed by atoms with van der Waals surface area (Å²) in [6.07, 6.45) is -4.48. The summed E-state index contributed by atoms with van der Waals surface area (Å²) in [5, 5.41) is 2.65. The van der Waals surface area contributed by atoms with Gasteiger partial charge in [-0.15, -0.1) is 0 Å². The summed E-state index contributed by atoms with van der Waals surface area (Å²) >= 11 is 0. The zero-order valence-corrected chi connectivity index (χ0v) is 16.4. The lowest BCUT2D eigenvalue weighted by molar-refractivity contribution is -0.137. The number of nitrogens with two attached hydrogens (primary N) is 2. The molecule has 0 radical (unpaired) electrons. The molecule has 0 atom stereocenters. The normalized spacial score (nSPS) is 11.8. The van der Waals surface area contributed by atoms with Gasteiger partial charge in [-0.3, -0.25) is 4.57 Å². The van der Waals surface area contributed by atoms with Crippen LogP contribution in [-0.4, -0.2) is 19.5 Å².